The molecule has 2 rings (SSSR count). The summed E-state index contributed by atoms with van der Waals surface area (Å²) in [7, 11) is 0. The van der Waals surface area contributed by atoms with E-state index in [1.54, 1.807) is 6.92 Å². The highest BCUT2D eigenvalue weighted by Gasteiger charge is 2.39. The summed E-state index contributed by atoms with van der Waals surface area (Å²) in [4.78, 5) is 22.7. The highest BCUT2D eigenvalue weighted by molar-refractivity contribution is 5.75. The van der Waals surface area contributed by atoms with Crippen LogP contribution in [0.1, 0.15) is 39.0 Å². The lowest BCUT2D eigenvalue weighted by Gasteiger charge is -2.33. The molecule has 1 heterocycles. The van der Waals surface area contributed by atoms with Gasteiger partial charge >= 0.3 is 5.97 Å². The van der Waals surface area contributed by atoms with Gasteiger partial charge in [-0.2, -0.15) is 0 Å². The zero-order valence-corrected chi connectivity index (χ0v) is 11.0. The first-order chi connectivity index (χ1) is 8.76. The lowest BCUT2D eigenvalue weighted by Crippen LogP contribution is -2.35. The molecule has 0 spiro atoms. The number of esters is 1. The maximum Gasteiger partial charge on any atom is 0.309 e. The molecule has 0 N–H and O–H groups in total. The van der Waals surface area contributed by atoms with Crippen molar-refractivity contribution in [3.63, 3.8) is 0 Å². The monoisotopic (exact) mass is 254 g/mol. The van der Waals surface area contributed by atoms with Crippen LogP contribution in [0, 0.1) is 17.8 Å². The minimum absolute atomic E-state index is 0.217. The Morgan fingerprint density at radius 3 is 2.83 bits per heavy atom. The average molecular weight is 254 g/mol. The topological polar surface area (TPSA) is 52.6 Å². The van der Waals surface area contributed by atoms with Crippen molar-refractivity contribution in [1.82, 2.24) is 0 Å². The normalized spacial score (nSPS) is 29.6. The minimum Gasteiger partial charge on any atom is -0.466 e. The number of carbonyl (C=O) groups excluding carboxylic acids is 2. The molecule has 3 atom stereocenters. The Kier molecular flexibility index (Phi) is 4.75. The molecule has 18 heavy (non-hydrogen) atoms. The molecule has 1 saturated carbocycles. The first-order valence-corrected chi connectivity index (χ1v) is 6.98. The second-order valence-corrected chi connectivity index (χ2v) is 5.29. The van der Waals surface area contributed by atoms with Gasteiger partial charge in [-0.25, -0.2) is 0 Å². The maximum atomic E-state index is 11.9. The molecular weight excluding hydrogens is 232 g/mol. The third-order valence-corrected chi connectivity index (χ3v) is 4.01. The summed E-state index contributed by atoms with van der Waals surface area (Å²) in [6.07, 6.45) is 5.67. The standard InChI is InChI=1S/C14H22O4/c1-2-17-14(16)12(5-7-15)11-6-8-18-13(9-11)10-3-4-10/h7,10-13H,2-6,8-9H2,1H3/t11-,12+,13+/m1/s1. The molecule has 1 aliphatic heterocycles. The molecule has 0 unspecified atom stereocenters. The van der Waals surface area contributed by atoms with Gasteiger partial charge in [0, 0.05) is 13.0 Å². The van der Waals surface area contributed by atoms with Crippen LogP contribution >= 0.6 is 0 Å². The van der Waals surface area contributed by atoms with Crippen LogP contribution in [-0.2, 0) is 19.1 Å². The average Bonchev–Trinajstić information content (AvgIpc) is 3.20. The van der Waals surface area contributed by atoms with Crippen LogP contribution in [0.5, 0.6) is 0 Å². The summed E-state index contributed by atoms with van der Waals surface area (Å²) in [5.74, 6) is 0.444. The fourth-order valence-electron chi connectivity index (χ4n) is 2.85. The molecule has 1 aliphatic carbocycles. The van der Waals surface area contributed by atoms with E-state index in [0.717, 1.165) is 19.1 Å². The number of aldehydes is 1. The number of rotatable bonds is 6. The molecule has 2 aliphatic rings. The van der Waals surface area contributed by atoms with Crippen molar-refractivity contribution in [3.05, 3.63) is 0 Å². The van der Waals surface area contributed by atoms with Crippen molar-refractivity contribution >= 4 is 12.3 Å². The van der Waals surface area contributed by atoms with Gasteiger partial charge in [-0.3, -0.25) is 4.79 Å². The maximum absolute atomic E-state index is 11.9. The van der Waals surface area contributed by atoms with Crippen LogP contribution in [-0.4, -0.2) is 31.6 Å². The summed E-state index contributed by atoms with van der Waals surface area (Å²) >= 11 is 0. The van der Waals surface area contributed by atoms with Crippen LogP contribution < -0.4 is 0 Å². The van der Waals surface area contributed by atoms with Crippen LogP contribution in [0.3, 0.4) is 0 Å². The van der Waals surface area contributed by atoms with Gasteiger partial charge in [-0.05, 0) is 44.4 Å². The van der Waals surface area contributed by atoms with Gasteiger partial charge in [0.25, 0.3) is 0 Å². The van der Waals surface area contributed by atoms with E-state index in [-0.39, 0.29) is 24.2 Å². The van der Waals surface area contributed by atoms with Crippen LogP contribution in [0.25, 0.3) is 0 Å². The van der Waals surface area contributed by atoms with Crippen molar-refractivity contribution in [2.45, 2.75) is 45.1 Å². The predicted octanol–water partition coefficient (Wildman–Crippen LogP) is 1.96. The molecule has 0 amide bonds. The fourth-order valence-corrected chi connectivity index (χ4v) is 2.85. The van der Waals surface area contributed by atoms with Crippen LogP contribution in [0.15, 0.2) is 0 Å². The van der Waals surface area contributed by atoms with E-state index in [0.29, 0.717) is 25.2 Å². The molecule has 102 valence electrons. The van der Waals surface area contributed by atoms with Gasteiger partial charge in [-0.15, -0.1) is 0 Å². The molecule has 4 nitrogen and oxygen atoms in total. The molecule has 0 radical (unpaired) electrons. The van der Waals surface area contributed by atoms with Gasteiger partial charge in [0.05, 0.1) is 18.6 Å². The Balaban J connectivity index is 1.95. The smallest absolute Gasteiger partial charge is 0.309 e. The van der Waals surface area contributed by atoms with E-state index in [4.69, 9.17) is 9.47 Å². The highest BCUT2D eigenvalue weighted by Crippen LogP contribution is 2.41. The van der Waals surface area contributed by atoms with E-state index in [9.17, 15) is 9.59 Å². The number of hydrogen-bond acceptors (Lipinski definition) is 4. The summed E-state index contributed by atoms with van der Waals surface area (Å²) in [5.41, 5.74) is 0. The molecule has 0 aromatic rings. The second-order valence-electron chi connectivity index (χ2n) is 5.29. The number of ether oxygens (including phenoxy) is 2. The molecule has 2 fully saturated rings. The zero-order chi connectivity index (χ0) is 13.0. The third-order valence-electron chi connectivity index (χ3n) is 4.01. The van der Waals surface area contributed by atoms with E-state index >= 15 is 0 Å². The summed E-state index contributed by atoms with van der Waals surface area (Å²) in [6, 6.07) is 0. The highest BCUT2D eigenvalue weighted by atomic mass is 16.5. The van der Waals surface area contributed by atoms with Gasteiger partial charge < -0.3 is 14.3 Å². The Hall–Kier alpha value is -0.900. The number of hydrogen-bond donors (Lipinski definition) is 0. The molecule has 0 aromatic carbocycles. The van der Waals surface area contributed by atoms with Crippen LogP contribution in [0.4, 0.5) is 0 Å². The number of carbonyl (C=O) groups is 2. The van der Waals surface area contributed by atoms with Gasteiger partial charge in [0.1, 0.15) is 6.29 Å². The molecule has 1 saturated heterocycles. The van der Waals surface area contributed by atoms with Gasteiger partial charge in [0.15, 0.2) is 0 Å². The molecular formula is C14H22O4. The SMILES string of the molecule is CCOC(=O)[C@@H](CC=O)[C@@H]1CCO[C@H](C2CC2)C1. The minimum atomic E-state index is -0.271. The third kappa shape index (κ3) is 3.31. The van der Waals surface area contributed by atoms with E-state index < -0.39 is 0 Å². The first kappa shape index (κ1) is 13.5. The van der Waals surface area contributed by atoms with Gasteiger partial charge in [0.2, 0.25) is 0 Å². The van der Waals surface area contributed by atoms with E-state index in [2.05, 4.69) is 0 Å². The van der Waals surface area contributed by atoms with Crippen molar-refractivity contribution in [1.29, 1.82) is 0 Å². The fraction of sp³-hybridized carbons (Fsp3) is 0.857. The summed E-state index contributed by atoms with van der Waals surface area (Å²) in [6.45, 7) is 2.89. The Morgan fingerprint density at radius 1 is 1.44 bits per heavy atom. The van der Waals surface area contributed by atoms with Crippen LogP contribution in [0.2, 0.25) is 0 Å². The Bertz CT molecular complexity index is 298. The molecule has 4 heteroatoms. The summed E-state index contributed by atoms with van der Waals surface area (Å²) < 4.78 is 10.8. The lowest BCUT2D eigenvalue weighted by molar-refractivity contribution is -0.153. The Morgan fingerprint density at radius 2 is 2.22 bits per heavy atom. The van der Waals surface area contributed by atoms with E-state index in [1.165, 1.54) is 12.8 Å². The van der Waals surface area contributed by atoms with Crippen molar-refractivity contribution in [3.8, 4) is 0 Å². The molecule has 0 bridgehead atoms. The predicted molar refractivity (Wildman–Crippen MR) is 66.0 cm³/mol. The first-order valence-electron chi connectivity index (χ1n) is 6.98. The largest absolute Gasteiger partial charge is 0.466 e. The molecule has 0 aromatic heterocycles. The second kappa shape index (κ2) is 6.32. The van der Waals surface area contributed by atoms with Crippen molar-refractivity contribution in [2.24, 2.45) is 17.8 Å². The van der Waals surface area contributed by atoms with E-state index in [1.807, 2.05) is 0 Å². The van der Waals surface area contributed by atoms with Gasteiger partial charge in [-0.1, -0.05) is 0 Å². The quantitative estimate of drug-likeness (QED) is 0.537. The van der Waals surface area contributed by atoms with Crippen molar-refractivity contribution < 1.29 is 19.1 Å². The Labute approximate surface area is 108 Å². The lowest BCUT2D eigenvalue weighted by atomic mass is 9.81. The summed E-state index contributed by atoms with van der Waals surface area (Å²) in [5, 5.41) is 0. The van der Waals surface area contributed by atoms with Crippen molar-refractivity contribution in [2.75, 3.05) is 13.2 Å². The zero-order valence-electron chi connectivity index (χ0n) is 11.0.